The molecule has 0 saturated carbocycles. The molecule has 2 heterocycles. The minimum atomic E-state index is -0.466. The zero-order valence-electron chi connectivity index (χ0n) is 9.47. The zero-order chi connectivity index (χ0) is 13.0. The summed E-state index contributed by atoms with van der Waals surface area (Å²) in [7, 11) is 0. The molecule has 0 aliphatic carbocycles. The molecule has 0 radical (unpaired) electrons. The van der Waals surface area contributed by atoms with Gasteiger partial charge in [-0.3, -0.25) is 9.89 Å². The molecule has 2 N–H and O–H groups in total. The third-order valence-corrected chi connectivity index (χ3v) is 2.85. The summed E-state index contributed by atoms with van der Waals surface area (Å²) in [6.45, 7) is 2.00. The van der Waals surface area contributed by atoms with E-state index in [1.807, 2.05) is 0 Å². The minimum absolute atomic E-state index is 0.0817. The van der Waals surface area contributed by atoms with Gasteiger partial charge in [0.1, 0.15) is 11.3 Å². The fraction of sp³-hybridized carbons (Fsp3) is 0.200. The molecule has 0 saturated heterocycles. The SMILES string of the molecule is CCOC(=O)c1ccsc1NC(=O)c1ncn[nH]1. The monoisotopic (exact) mass is 266 g/mol. The number of ether oxygens (including phenoxy) is 1. The second-order valence-corrected chi connectivity index (χ2v) is 4.09. The number of nitrogens with one attached hydrogen (secondary N) is 2. The molecule has 0 aromatic carbocycles. The predicted molar refractivity (Wildman–Crippen MR) is 64.6 cm³/mol. The molecule has 2 rings (SSSR count). The quantitative estimate of drug-likeness (QED) is 0.813. The van der Waals surface area contributed by atoms with E-state index in [0.29, 0.717) is 10.6 Å². The lowest BCUT2D eigenvalue weighted by molar-refractivity contribution is 0.0528. The number of carbonyl (C=O) groups excluding carboxylic acids is 2. The maximum absolute atomic E-state index is 11.7. The number of carbonyl (C=O) groups is 2. The lowest BCUT2D eigenvalue weighted by Crippen LogP contribution is -2.15. The van der Waals surface area contributed by atoms with E-state index in [2.05, 4.69) is 20.5 Å². The third kappa shape index (κ3) is 2.54. The van der Waals surface area contributed by atoms with Crippen LogP contribution in [0.15, 0.2) is 17.8 Å². The number of amides is 1. The Morgan fingerprint density at radius 1 is 1.56 bits per heavy atom. The van der Waals surface area contributed by atoms with Gasteiger partial charge in [-0.2, -0.15) is 5.10 Å². The van der Waals surface area contributed by atoms with Crippen molar-refractivity contribution in [1.29, 1.82) is 0 Å². The summed E-state index contributed by atoms with van der Waals surface area (Å²) < 4.78 is 4.88. The largest absolute Gasteiger partial charge is 0.462 e. The van der Waals surface area contributed by atoms with E-state index in [4.69, 9.17) is 4.74 Å². The number of rotatable bonds is 4. The van der Waals surface area contributed by atoms with Gasteiger partial charge >= 0.3 is 5.97 Å². The highest BCUT2D eigenvalue weighted by Gasteiger charge is 2.17. The van der Waals surface area contributed by atoms with Crippen LogP contribution in [0.3, 0.4) is 0 Å². The van der Waals surface area contributed by atoms with E-state index in [0.717, 1.165) is 0 Å². The standard InChI is InChI=1S/C10H10N4O3S/c1-2-17-10(16)6-3-4-18-9(6)13-8(15)7-11-5-12-14-7/h3-5H,2H2,1H3,(H,13,15)(H,11,12,14). The highest BCUT2D eigenvalue weighted by Crippen LogP contribution is 2.24. The number of hydrogen-bond acceptors (Lipinski definition) is 6. The van der Waals surface area contributed by atoms with E-state index in [1.54, 1.807) is 18.4 Å². The molecule has 2 aromatic rings. The van der Waals surface area contributed by atoms with E-state index in [1.165, 1.54) is 17.7 Å². The third-order valence-electron chi connectivity index (χ3n) is 2.02. The fourth-order valence-electron chi connectivity index (χ4n) is 1.25. The molecule has 2 aromatic heterocycles. The summed E-state index contributed by atoms with van der Waals surface area (Å²) in [5, 5.41) is 10.7. The van der Waals surface area contributed by atoms with Crippen molar-refractivity contribution in [3.63, 3.8) is 0 Å². The van der Waals surface area contributed by atoms with E-state index >= 15 is 0 Å². The first kappa shape index (κ1) is 12.2. The Hall–Kier alpha value is -2.22. The maximum Gasteiger partial charge on any atom is 0.341 e. The fourth-order valence-corrected chi connectivity index (χ4v) is 2.02. The highest BCUT2D eigenvalue weighted by molar-refractivity contribution is 7.14. The molecule has 0 unspecified atom stereocenters. The van der Waals surface area contributed by atoms with Crippen LogP contribution in [0.2, 0.25) is 0 Å². The van der Waals surface area contributed by atoms with Crippen molar-refractivity contribution in [2.75, 3.05) is 11.9 Å². The first-order valence-corrected chi connectivity index (χ1v) is 6.01. The van der Waals surface area contributed by atoms with Crippen LogP contribution in [-0.4, -0.2) is 33.7 Å². The van der Waals surface area contributed by atoms with E-state index in [9.17, 15) is 9.59 Å². The van der Waals surface area contributed by atoms with Gasteiger partial charge in [0.2, 0.25) is 5.82 Å². The Balaban J connectivity index is 2.13. The van der Waals surface area contributed by atoms with Crippen LogP contribution < -0.4 is 5.32 Å². The molecular formula is C10H10N4O3S. The van der Waals surface area contributed by atoms with Crippen molar-refractivity contribution < 1.29 is 14.3 Å². The van der Waals surface area contributed by atoms with Crippen LogP contribution in [0.5, 0.6) is 0 Å². The lowest BCUT2D eigenvalue weighted by Gasteiger charge is -2.04. The van der Waals surface area contributed by atoms with Gasteiger partial charge < -0.3 is 10.1 Å². The first-order valence-electron chi connectivity index (χ1n) is 5.13. The van der Waals surface area contributed by atoms with Gasteiger partial charge in [0.25, 0.3) is 5.91 Å². The van der Waals surface area contributed by atoms with Crippen molar-refractivity contribution >= 4 is 28.2 Å². The van der Waals surface area contributed by atoms with E-state index in [-0.39, 0.29) is 12.4 Å². The molecule has 0 fully saturated rings. The number of anilines is 1. The van der Waals surface area contributed by atoms with Crippen molar-refractivity contribution in [1.82, 2.24) is 15.2 Å². The molecule has 0 aliphatic heterocycles. The number of aromatic nitrogens is 3. The summed E-state index contributed by atoms with van der Waals surface area (Å²) >= 11 is 1.23. The average molecular weight is 266 g/mol. The van der Waals surface area contributed by atoms with Crippen molar-refractivity contribution in [2.45, 2.75) is 6.92 Å². The predicted octanol–water partition coefficient (Wildman–Crippen LogP) is 1.30. The smallest absolute Gasteiger partial charge is 0.341 e. The van der Waals surface area contributed by atoms with Gasteiger partial charge in [-0.05, 0) is 18.4 Å². The van der Waals surface area contributed by atoms with Gasteiger partial charge in [-0.15, -0.1) is 11.3 Å². The Bertz CT molecular complexity index is 549. The van der Waals surface area contributed by atoms with Crippen molar-refractivity contribution in [3.8, 4) is 0 Å². The molecule has 7 nitrogen and oxygen atoms in total. The molecular weight excluding hydrogens is 256 g/mol. The molecule has 0 spiro atoms. The Morgan fingerprint density at radius 3 is 3.06 bits per heavy atom. The van der Waals surface area contributed by atoms with E-state index < -0.39 is 11.9 Å². The van der Waals surface area contributed by atoms with Gasteiger partial charge in [0.05, 0.1) is 12.2 Å². The second kappa shape index (κ2) is 5.41. The Morgan fingerprint density at radius 2 is 2.39 bits per heavy atom. The molecule has 0 atom stereocenters. The molecule has 1 amide bonds. The van der Waals surface area contributed by atoms with Gasteiger partial charge in [0.15, 0.2) is 0 Å². The topological polar surface area (TPSA) is 97.0 Å². The summed E-state index contributed by atoms with van der Waals surface area (Å²) in [5.41, 5.74) is 0.328. The van der Waals surface area contributed by atoms with Crippen LogP contribution in [-0.2, 0) is 4.74 Å². The van der Waals surface area contributed by atoms with Crippen LogP contribution in [0.25, 0.3) is 0 Å². The number of esters is 1. The van der Waals surface area contributed by atoms with Crippen molar-refractivity contribution in [3.05, 3.63) is 29.2 Å². The van der Waals surface area contributed by atoms with Crippen LogP contribution >= 0.6 is 11.3 Å². The number of H-pyrrole nitrogens is 1. The summed E-state index contributed by atoms with van der Waals surface area (Å²) in [4.78, 5) is 27.0. The number of thiophene rings is 1. The van der Waals surface area contributed by atoms with Gasteiger partial charge in [0, 0.05) is 0 Å². The maximum atomic E-state index is 11.7. The van der Waals surface area contributed by atoms with Crippen LogP contribution in [0, 0.1) is 0 Å². The Labute approximate surface area is 106 Å². The summed E-state index contributed by atoms with van der Waals surface area (Å²) in [6.07, 6.45) is 1.23. The molecule has 94 valence electrons. The number of hydrogen-bond donors (Lipinski definition) is 2. The normalized spacial score (nSPS) is 10.1. The summed E-state index contributed by atoms with van der Waals surface area (Å²) in [5.74, 6) is -0.842. The Kier molecular flexibility index (Phi) is 3.68. The van der Waals surface area contributed by atoms with Crippen molar-refractivity contribution in [2.24, 2.45) is 0 Å². The average Bonchev–Trinajstić information content (AvgIpc) is 2.99. The van der Waals surface area contributed by atoms with Crippen LogP contribution in [0.1, 0.15) is 27.9 Å². The molecule has 8 heteroatoms. The highest BCUT2D eigenvalue weighted by atomic mass is 32.1. The number of nitrogens with zero attached hydrogens (tertiary/aromatic N) is 2. The van der Waals surface area contributed by atoms with Gasteiger partial charge in [-0.1, -0.05) is 0 Å². The first-order chi connectivity index (χ1) is 8.72. The zero-order valence-corrected chi connectivity index (χ0v) is 10.3. The minimum Gasteiger partial charge on any atom is -0.462 e. The van der Waals surface area contributed by atoms with Crippen LogP contribution in [0.4, 0.5) is 5.00 Å². The number of aromatic amines is 1. The lowest BCUT2D eigenvalue weighted by atomic mass is 10.3. The molecule has 0 bridgehead atoms. The molecule has 0 aliphatic rings. The van der Waals surface area contributed by atoms with Gasteiger partial charge in [-0.25, -0.2) is 9.78 Å². The summed E-state index contributed by atoms with van der Waals surface area (Å²) in [6, 6.07) is 1.60. The molecule has 18 heavy (non-hydrogen) atoms. The second-order valence-electron chi connectivity index (χ2n) is 3.17.